The number of ether oxygens (including phenoxy) is 1. The zero-order chi connectivity index (χ0) is 16.5. The highest BCUT2D eigenvalue weighted by molar-refractivity contribution is 5.85. The monoisotopic (exact) mass is 353 g/mol. The molecule has 132 valence electrons. The summed E-state index contributed by atoms with van der Waals surface area (Å²) in [7, 11) is 0. The number of hydrogen-bond acceptors (Lipinski definition) is 5. The summed E-state index contributed by atoms with van der Waals surface area (Å²) in [6.45, 7) is 0.484. The van der Waals surface area contributed by atoms with Gasteiger partial charge in [0.05, 0.1) is 6.61 Å². The number of aromatic hydroxyl groups is 1. The van der Waals surface area contributed by atoms with Gasteiger partial charge in [0.15, 0.2) is 0 Å². The predicted molar refractivity (Wildman–Crippen MR) is 95.9 cm³/mol. The van der Waals surface area contributed by atoms with Crippen LogP contribution in [0, 0.1) is 0 Å². The zero-order valence-electron chi connectivity index (χ0n) is 13.3. The second kappa shape index (κ2) is 10.9. The van der Waals surface area contributed by atoms with Crippen molar-refractivity contribution in [1.29, 1.82) is 0 Å². The summed E-state index contributed by atoms with van der Waals surface area (Å²) in [5.74, 6) is 0.935. The Bertz CT molecular complexity index is 565. The standard InChI is InChI=1S/C18H23NO4.ClH/c20-12-15(10-14-6-8-16(21)9-7-14)19-11-17(22)13-23-18-4-2-1-3-5-18;/h1-9,15,17,19-22H,10-13H2;1H/t15-,17+;/m1./s1. The molecule has 0 radical (unpaired) electrons. The molecule has 0 bridgehead atoms. The Morgan fingerprint density at radius 3 is 2.29 bits per heavy atom. The van der Waals surface area contributed by atoms with Crippen molar-refractivity contribution < 1.29 is 20.1 Å². The molecule has 0 fully saturated rings. The Morgan fingerprint density at radius 1 is 1.00 bits per heavy atom. The van der Waals surface area contributed by atoms with Gasteiger partial charge in [0.1, 0.15) is 24.2 Å². The minimum Gasteiger partial charge on any atom is -0.508 e. The van der Waals surface area contributed by atoms with Gasteiger partial charge in [-0.05, 0) is 36.2 Å². The van der Waals surface area contributed by atoms with Gasteiger partial charge in [0, 0.05) is 12.6 Å². The van der Waals surface area contributed by atoms with Gasteiger partial charge in [-0.2, -0.15) is 0 Å². The molecule has 0 saturated carbocycles. The highest BCUT2D eigenvalue weighted by Gasteiger charge is 2.11. The van der Waals surface area contributed by atoms with Crippen molar-refractivity contribution in [2.24, 2.45) is 0 Å². The van der Waals surface area contributed by atoms with Crippen LogP contribution in [0.2, 0.25) is 0 Å². The molecule has 2 aromatic carbocycles. The molecule has 5 nitrogen and oxygen atoms in total. The summed E-state index contributed by atoms with van der Waals surface area (Å²) in [6.07, 6.45) is -0.0488. The molecule has 0 heterocycles. The summed E-state index contributed by atoms with van der Waals surface area (Å²) in [6, 6.07) is 16.0. The van der Waals surface area contributed by atoms with E-state index in [4.69, 9.17) is 4.74 Å². The van der Waals surface area contributed by atoms with Gasteiger partial charge in [-0.15, -0.1) is 12.4 Å². The average Bonchev–Trinajstić information content (AvgIpc) is 2.59. The molecular weight excluding hydrogens is 330 g/mol. The van der Waals surface area contributed by atoms with Crippen LogP contribution >= 0.6 is 12.4 Å². The number of phenolic OH excluding ortho intramolecular Hbond substituents is 1. The van der Waals surface area contributed by atoms with Gasteiger partial charge in [0.25, 0.3) is 0 Å². The van der Waals surface area contributed by atoms with Crippen LogP contribution in [0.25, 0.3) is 0 Å². The van der Waals surface area contributed by atoms with Gasteiger partial charge >= 0.3 is 0 Å². The zero-order valence-corrected chi connectivity index (χ0v) is 14.2. The van der Waals surface area contributed by atoms with Crippen LogP contribution in [0.5, 0.6) is 11.5 Å². The molecule has 0 unspecified atom stereocenters. The highest BCUT2D eigenvalue weighted by atomic mass is 35.5. The van der Waals surface area contributed by atoms with E-state index < -0.39 is 6.10 Å². The summed E-state index contributed by atoms with van der Waals surface area (Å²) in [4.78, 5) is 0. The minimum absolute atomic E-state index is 0. The van der Waals surface area contributed by atoms with Crippen molar-refractivity contribution in [3.05, 3.63) is 60.2 Å². The fourth-order valence-electron chi connectivity index (χ4n) is 2.19. The Kier molecular flexibility index (Phi) is 9.19. The van der Waals surface area contributed by atoms with Crippen molar-refractivity contribution in [2.75, 3.05) is 19.8 Å². The molecule has 2 atom stereocenters. The number of aliphatic hydroxyl groups is 2. The number of rotatable bonds is 9. The lowest BCUT2D eigenvalue weighted by Crippen LogP contribution is -2.41. The van der Waals surface area contributed by atoms with E-state index in [1.165, 1.54) is 0 Å². The van der Waals surface area contributed by atoms with Gasteiger partial charge in [-0.3, -0.25) is 0 Å². The third-order valence-corrected chi connectivity index (χ3v) is 3.47. The second-order valence-corrected chi connectivity index (χ2v) is 5.44. The lowest BCUT2D eigenvalue weighted by atomic mass is 10.1. The second-order valence-electron chi connectivity index (χ2n) is 5.44. The minimum atomic E-state index is -0.663. The third kappa shape index (κ3) is 7.19. The van der Waals surface area contributed by atoms with E-state index in [9.17, 15) is 15.3 Å². The number of benzene rings is 2. The number of aliphatic hydroxyl groups excluding tert-OH is 2. The van der Waals surface area contributed by atoms with Crippen LogP contribution in [0.15, 0.2) is 54.6 Å². The molecule has 0 aliphatic rings. The molecule has 4 N–H and O–H groups in total. The molecule has 2 rings (SSSR count). The van der Waals surface area contributed by atoms with Crippen LogP contribution in [0.4, 0.5) is 0 Å². The van der Waals surface area contributed by atoms with E-state index in [0.717, 1.165) is 5.56 Å². The van der Waals surface area contributed by atoms with E-state index in [-0.39, 0.29) is 37.4 Å². The van der Waals surface area contributed by atoms with Crippen molar-refractivity contribution >= 4 is 12.4 Å². The predicted octanol–water partition coefficient (Wildman–Crippen LogP) is 1.75. The summed E-state index contributed by atoms with van der Waals surface area (Å²) in [5.41, 5.74) is 1.00. The number of phenols is 1. The van der Waals surface area contributed by atoms with Crippen LogP contribution in [-0.4, -0.2) is 47.2 Å². The molecule has 6 heteroatoms. The molecule has 0 aromatic heterocycles. The summed E-state index contributed by atoms with van der Waals surface area (Å²) in [5, 5.41) is 31.8. The first kappa shape index (κ1) is 20.3. The van der Waals surface area contributed by atoms with Gasteiger partial charge < -0.3 is 25.4 Å². The lowest BCUT2D eigenvalue weighted by molar-refractivity contribution is 0.0997. The molecule has 24 heavy (non-hydrogen) atoms. The van der Waals surface area contributed by atoms with E-state index >= 15 is 0 Å². The fraction of sp³-hybridized carbons (Fsp3) is 0.333. The molecule has 0 spiro atoms. The Morgan fingerprint density at radius 2 is 1.67 bits per heavy atom. The first-order valence-electron chi connectivity index (χ1n) is 7.65. The smallest absolute Gasteiger partial charge is 0.119 e. The van der Waals surface area contributed by atoms with E-state index in [1.54, 1.807) is 12.1 Å². The van der Waals surface area contributed by atoms with E-state index in [0.29, 0.717) is 18.7 Å². The van der Waals surface area contributed by atoms with E-state index in [2.05, 4.69) is 5.32 Å². The van der Waals surface area contributed by atoms with Crippen LogP contribution in [0.1, 0.15) is 5.56 Å². The molecular formula is C18H24ClNO4. The normalized spacial score (nSPS) is 12.9. The highest BCUT2D eigenvalue weighted by Crippen LogP contribution is 2.11. The number of nitrogens with one attached hydrogen (secondary N) is 1. The van der Waals surface area contributed by atoms with Crippen molar-refractivity contribution in [1.82, 2.24) is 5.32 Å². The largest absolute Gasteiger partial charge is 0.508 e. The molecule has 0 aliphatic carbocycles. The van der Waals surface area contributed by atoms with Gasteiger partial charge in [0.2, 0.25) is 0 Å². The SMILES string of the molecule is Cl.OC[C@@H](Cc1ccc(O)cc1)NC[C@H](O)COc1ccccc1. The summed E-state index contributed by atoms with van der Waals surface area (Å²) >= 11 is 0. The quantitative estimate of drug-likeness (QED) is 0.552. The maximum Gasteiger partial charge on any atom is 0.119 e. The number of para-hydroxylation sites is 1. The first-order valence-corrected chi connectivity index (χ1v) is 7.65. The van der Waals surface area contributed by atoms with Crippen LogP contribution in [0.3, 0.4) is 0 Å². The molecule has 2 aromatic rings. The Hall–Kier alpha value is -1.79. The fourth-order valence-corrected chi connectivity index (χ4v) is 2.19. The Labute approximate surface area is 148 Å². The third-order valence-electron chi connectivity index (χ3n) is 3.47. The topological polar surface area (TPSA) is 82.0 Å². The molecule has 0 aliphatic heterocycles. The number of halogens is 1. The van der Waals surface area contributed by atoms with Gasteiger partial charge in [-0.25, -0.2) is 0 Å². The lowest BCUT2D eigenvalue weighted by Gasteiger charge is -2.19. The molecule has 0 saturated heterocycles. The van der Waals surface area contributed by atoms with Crippen molar-refractivity contribution in [3.63, 3.8) is 0 Å². The first-order chi connectivity index (χ1) is 11.2. The summed E-state index contributed by atoms with van der Waals surface area (Å²) < 4.78 is 5.48. The van der Waals surface area contributed by atoms with Crippen LogP contribution in [-0.2, 0) is 6.42 Å². The average molecular weight is 354 g/mol. The van der Waals surface area contributed by atoms with Gasteiger partial charge in [-0.1, -0.05) is 30.3 Å². The Balaban J connectivity index is 0.00000288. The van der Waals surface area contributed by atoms with Crippen molar-refractivity contribution in [2.45, 2.75) is 18.6 Å². The maximum atomic E-state index is 9.96. The van der Waals surface area contributed by atoms with Crippen LogP contribution < -0.4 is 10.1 Å². The molecule has 0 amide bonds. The van der Waals surface area contributed by atoms with Crippen molar-refractivity contribution in [3.8, 4) is 11.5 Å². The maximum absolute atomic E-state index is 9.96. The number of hydrogen-bond donors (Lipinski definition) is 4. The van der Waals surface area contributed by atoms with E-state index in [1.807, 2.05) is 42.5 Å².